The van der Waals surface area contributed by atoms with E-state index in [9.17, 15) is 8.42 Å². The van der Waals surface area contributed by atoms with Gasteiger partial charge in [-0.15, -0.1) is 0 Å². The minimum Gasteiger partial charge on any atom is -0.380 e. The van der Waals surface area contributed by atoms with Crippen LogP contribution >= 0.6 is 0 Å². The smallest absolute Gasteiger partial charge is 0.171 e. The first-order valence-corrected chi connectivity index (χ1v) is 3.41. The second-order valence-corrected chi connectivity index (χ2v) is 3.16. The van der Waals surface area contributed by atoms with E-state index in [0.29, 0.717) is 0 Å². The quantitative estimate of drug-likeness (QED) is 0.573. The van der Waals surface area contributed by atoms with E-state index in [1.807, 2.05) is 0 Å². The van der Waals surface area contributed by atoms with E-state index in [4.69, 9.17) is 5.11 Å². The minimum atomic E-state index is -3.11. The molecule has 0 spiro atoms. The van der Waals surface area contributed by atoms with Crippen molar-refractivity contribution >= 4 is 9.84 Å². The number of halogens is 3. The molecule has 7 heteroatoms. The van der Waals surface area contributed by atoms with Crippen molar-refractivity contribution in [1.29, 1.82) is 0 Å². The first-order chi connectivity index (χ1) is 2.56. The molecule has 0 aromatic heterocycles. The highest BCUT2D eigenvalue weighted by molar-refractivity contribution is 7.90. The molecule has 0 unspecified atom stereocenters. The maximum atomic E-state index is 9.75. The average molecular weight is 170 g/mol. The van der Waals surface area contributed by atoms with Gasteiger partial charge in [0.25, 0.3) is 0 Å². The number of aliphatic hydroxyl groups excluding tert-OH is 1. The lowest BCUT2D eigenvalue weighted by Crippen LogP contribution is -1.99. The predicted octanol–water partition coefficient (Wildman–Crippen LogP) is -0.562. The van der Waals surface area contributed by atoms with Crippen LogP contribution in [0.25, 0.3) is 0 Å². The van der Waals surface area contributed by atoms with Crippen LogP contribution in [-0.2, 0) is 9.84 Å². The van der Waals surface area contributed by atoms with Crippen LogP contribution in [0.4, 0.5) is 14.1 Å². The molecule has 0 aliphatic heterocycles. The molecule has 1 N–H and O–H groups in total. The Morgan fingerprint density at radius 3 is 1.33 bits per heavy atom. The molecule has 0 aliphatic rings. The summed E-state index contributed by atoms with van der Waals surface area (Å²) in [7, 11) is -3.11. The summed E-state index contributed by atoms with van der Waals surface area (Å²) in [5, 5.41) is 7.81. The lowest BCUT2D eigenvalue weighted by atomic mass is 11.7. The minimum absolute atomic E-state index is 0. The molecule has 0 fully saturated rings. The maximum absolute atomic E-state index is 9.75. The Balaban J connectivity index is -0.0000000417. The van der Waals surface area contributed by atoms with Crippen LogP contribution in [0.15, 0.2) is 0 Å². The summed E-state index contributed by atoms with van der Waals surface area (Å²) < 4.78 is 19.5. The van der Waals surface area contributed by atoms with Crippen LogP contribution in [0.2, 0.25) is 0 Å². The van der Waals surface area contributed by atoms with Crippen LogP contribution in [-0.4, -0.2) is 25.7 Å². The van der Waals surface area contributed by atoms with E-state index in [-0.39, 0.29) is 14.1 Å². The van der Waals surface area contributed by atoms with Gasteiger partial charge in [0.05, 0.1) is 0 Å². The van der Waals surface area contributed by atoms with Gasteiger partial charge in [-0.3, -0.25) is 14.1 Å². The summed E-state index contributed by atoms with van der Waals surface area (Å²) in [6.07, 6.45) is 0.965. The maximum Gasteiger partial charge on any atom is 0.171 e. The van der Waals surface area contributed by atoms with Crippen LogP contribution in [0.5, 0.6) is 0 Å². The second kappa shape index (κ2) is 7.70. The molecule has 9 heavy (non-hydrogen) atoms. The number of sulfone groups is 1. The number of aliphatic hydroxyl groups is 1. The first kappa shape index (κ1) is 23.4. The van der Waals surface area contributed by atoms with Crippen LogP contribution < -0.4 is 0 Å². The lowest BCUT2D eigenvalue weighted by molar-refractivity contribution is 0.360. The highest BCUT2D eigenvalue weighted by atomic mass is 32.2. The highest BCUT2D eigenvalue weighted by Crippen LogP contribution is 1.72. The Morgan fingerprint density at radius 1 is 1.22 bits per heavy atom. The fourth-order valence-electron chi connectivity index (χ4n) is 0. The normalized spacial score (nSPS) is 7.78. The van der Waals surface area contributed by atoms with E-state index in [2.05, 4.69) is 0 Å². The summed E-state index contributed by atoms with van der Waals surface area (Å²) in [4.78, 5) is 0. The number of hydrogen-bond acceptors (Lipinski definition) is 3. The third-order valence-electron chi connectivity index (χ3n) is 0.235. The fourth-order valence-corrected chi connectivity index (χ4v) is 0. The van der Waals surface area contributed by atoms with Crippen LogP contribution in [0, 0.1) is 0 Å². The van der Waals surface area contributed by atoms with Gasteiger partial charge in [-0.1, -0.05) is 0 Å². The Kier molecular flexibility index (Phi) is 20.0. The van der Waals surface area contributed by atoms with E-state index in [1.165, 1.54) is 0 Å². The molecule has 0 saturated heterocycles. The molecule has 0 atom stereocenters. The lowest BCUT2D eigenvalue weighted by Gasteiger charge is -1.80. The largest absolute Gasteiger partial charge is 0.380 e. The monoisotopic (exact) mass is 170 g/mol. The van der Waals surface area contributed by atoms with E-state index >= 15 is 0 Å². The third kappa shape index (κ3) is 34.3. The molecule has 0 bridgehead atoms. The van der Waals surface area contributed by atoms with Crippen LogP contribution in [0.1, 0.15) is 0 Å². The van der Waals surface area contributed by atoms with E-state index < -0.39 is 15.8 Å². The van der Waals surface area contributed by atoms with Crippen molar-refractivity contribution < 1.29 is 27.6 Å². The molecule has 0 aromatic carbocycles. The van der Waals surface area contributed by atoms with Gasteiger partial charge >= 0.3 is 0 Å². The SMILES string of the molecule is CS(=O)(=O)CO.F.F.F. The molecule has 0 aromatic rings. The molecule has 0 rings (SSSR count). The molecule has 0 aliphatic carbocycles. The van der Waals surface area contributed by atoms with Crippen molar-refractivity contribution in [2.24, 2.45) is 0 Å². The highest BCUT2D eigenvalue weighted by Gasteiger charge is 1.92. The van der Waals surface area contributed by atoms with Gasteiger partial charge < -0.3 is 5.11 Å². The van der Waals surface area contributed by atoms with Gasteiger partial charge in [0.15, 0.2) is 9.84 Å². The zero-order valence-corrected chi connectivity index (χ0v) is 5.42. The standard InChI is InChI=1S/C2H6O3S.3FH/c1-6(4,5)2-3;;;/h3H,2H2,1H3;3*1H. The zero-order chi connectivity index (χ0) is 5.21. The molecular weight excluding hydrogens is 161 g/mol. The van der Waals surface area contributed by atoms with E-state index in [0.717, 1.165) is 6.26 Å². The fraction of sp³-hybridized carbons (Fsp3) is 1.00. The van der Waals surface area contributed by atoms with Crippen molar-refractivity contribution in [2.45, 2.75) is 0 Å². The average Bonchev–Trinajstić information content (AvgIpc) is 1.35. The molecule has 62 valence electrons. The third-order valence-corrected chi connectivity index (χ3v) is 0.704. The van der Waals surface area contributed by atoms with Crippen molar-refractivity contribution in [3.05, 3.63) is 0 Å². The zero-order valence-electron chi connectivity index (χ0n) is 4.60. The van der Waals surface area contributed by atoms with Gasteiger partial charge in [-0.05, 0) is 0 Å². The summed E-state index contributed by atoms with van der Waals surface area (Å²) in [5.41, 5.74) is 0. The topological polar surface area (TPSA) is 54.4 Å². The Labute approximate surface area is 50.7 Å². The molecule has 0 heterocycles. The van der Waals surface area contributed by atoms with Gasteiger partial charge in [-0.2, -0.15) is 0 Å². The Bertz CT molecular complexity index is 119. The Hall–Kier alpha value is -0.300. The molecule has 0 amide bonds. The van der Waals surface area contributed by atoms with Gasteiger partial charge in [0, 0.05) is 6.26 Å². The molecular formula is C2H9F3O3S. The van der Waals surface area contributed by atoms with Gasteiger partial charge in [0.1, 0.15) is 5.94 Å². The summed E-state index contributed by atoms with van der Waals surface area (Å²) in [6, 6.07) is 0. The Morgan fingerprint density at radius 2 is 1.33 bits per heavy atom. The van der Waals surface area contributed by atoms with Crippen molar-refractivity contribution in [3.8, 4) is 0 Å². The van der Waals surface area contributed by atoms with Crippen molar-refractivity contribution in [2.75, 3.05) is 12.2 Å². The van der Waals surface area contributed by atoms with E-state index in [1.54, 1.807) is 0 Å². The van der Waals surface area contributed by atoms with Gasteiger partial charge in [0.2, 0.25) is 0 Å². The summed E-state index contributed by atoms with van der Waals surface area (Å²) in [5.74, 6) is -0.757. The number of hydrogen-bond donors (Lipinski definition) is 1. The van der Waals surface area contributed by atoms with Crippen molar-refractivity contribution in [3.63, 3.8) is 0 Å². The second-order valence-electron chi connectivity index (χ2n) is 1.05. The predicted molar refractivity (Wildman–Crippen MR) is 29.4 cm³/mol. The first-order valence-electron chi connectivity index (χ1n) is 1.35. The summed E-state index contributed by atoms with van der Waals surface area (Å²) in [6.45, 7) is 0. The molecule has 0 radical (unpaired) electrons. The van der Waals surface area contributed by atoms with Crippen molar-refractivity contribution in [1.82, 2.24) is 0 Å². The molecule has 0 saturated carbocycles. The van der Waals surface area contributed by atoms with Crippen LogP contribution in [0.3, 0.4) is 0 Å². The molecule has 3 nitrogen and oxygen atoms in total. The summed E-state index contributed by atoms with van der Waals surface area (Å²) >= 11 is 0. The van der Waals surface area contributed by atoms with Gasteiger partial charge in [-0.25, -0.2) is 8.42 Å². The number of rotatable bonds is 1.